The summed E-state index contributed by atoms with van der Waals surface area (Å²) in [5.74, 6) is 0. The van der Waals surface area contributed by atoms with Crippen LogP contribution >= 0.6 is 8.60 Å². The molecule has 72 valence electrons. The maximum Gasteiger partial charge on any atom is 0.316 e. The summed E-state index contributed by atoms with van der Waals surface area (Å²) in [4.78, 5) is 17.6. The molecular formula is C8H13O3PSi. The average molecular weight is 216 g/mol. The van der Waals surface area contributed by atoms with E-state index in [-0.39, 0.29) is 0 Å². The van der Waals surface area contributed by atoms with Gasteiger partial charge < -0.3 is 14.0 Å². The monoisotopic (exact) mass is 216 g/mol. The Morgan fingerprint density at radius 2 is 1.69 bits per heavy atom. The van der Waals surface area contributed by atoms with Crippen molar-refractivity contribution in [1.82, 2.24) is 0 Å². The van der Waals surface area contributed by atoms with Gasteiger partial charge in [-0.05, 0) is 18.3 Å². The standard InChI is InChI=1S/C8H13O3PSi/c1-13(2,11-12(9)10)8-6-4-3-5-7-8/h3-7,9-10H,1-2H3. The molecule has 1 aromatic rings. The predicted molar refractivity (Wildman–Crippen MR) is 56.0 cm³/mol. The Morgan fingerprint density at radius 3 is 2.15 bits per heavy atom. The molecule has 0 aliphatic rings. The van der Waals surface area contributed by atoms with E-state index < -0.39 is 16.9 Å². The van der Waals surface area contributed by atoms with Gasteiger partial charge in [0.2, 0.25) is 8.32 Å². The molecule has 0 fully saturated rings. The minimum absolute atomic E-state index is 1.06. The van der Waals surface area contributed by atoms with Gasteiger partial charge in [-0.25, -0.2) is 0 Å². The van der Waals surface area contributed by atoms with E-state index in [0.717, 1.165) is 5.19 Å². The minimum atomic E-state index is -2.25. The first kappa shape index (κ1) is 10.8. The third kappa shape index (κ3) is 3.18. The van der Waals surface area contributed by atoms with Gasteiger partial charge in [-0.1, -0.05) is 30.3 Å². The van der Waals surface area contributed by atoms with Crippen molar-refractivity contribution in [3.8, 4) is 0 Å². The molecule has 0 aliphatic carbocycles. The van der Waals surface area contributed by atoms with Crippen LogP contribution in [-0.4, -0.2) is 18.1 Å². The summed E-state index contributed by atoms with van der Waals surface area (Å²) < 4.78 is 5.14. The van der Waals surface area contributed by atoms with Crippen LogP contribution in [-0.2, 0) is 4.21 Å². The van der Waals surface area contributed by atoms with Crippen molar-refractivity contribution in [2.45, 2.75) is 13.1 Å². The molecule has 0 heterocycles. The van der Waals surface area contributed by atoms with Crippen LogP contribution in [0.1, 0.15) is 0 Å². The molecule has 1 aromatic carbocycles. The first-order valence-electron chi connectivity index (χ1n) is 3.95. The number of hydrogen-bond donors (Lipinski definition) is 2. The highest BCUT2D eigenvalue weighted by Crippen LogP contribution is 2.29. The highest BCUT2D eigenvalue weighted by Gasteiger charge is 2.28. The molecule has 2 N–H and O–H groups in total. The second-order valence-corrected chi connectivity index (χ2v) is 8.05. The van der Waals surface area contributed by atoms with Gasteiger partial charge in [-0.2, -0.15) is 0 Å². The first-order chi connectivity index (χ1) is 6.02. The van der Waals surface area contributed by atoms with Crippen LogP contribution in [0.4, 0.5) is 0 Å². The summed E-state index contributed by atoms with van der Waals surface area (Å²) in [5, 5.41) is 1.06. The third-order valence-electron chi connectivity index (χ3n) is 1.78. The zero-order valence-corrected chi connectivity index (χ0v) is 9.53. The predicted octanol–water partition coefficient (Wildman–Crippen LogP) is 1.33. The molecule has 3 nitrogen and oxygen atoms in total. The van der Waals surface area contributed by atoms with Crippen LogP contribution in [0, 0.1) is 0 Å². The van der Waals surface area contributed by atoms with Crippen LogP contribution in [0.2, 0.25) is 13.1 Å². The largest absolute Gasteiger partial charge is 0.350 e. The summed E-state index contributed by atoms with van der Waals surface area (Å²) in [6.45, 7) is 3.87. The normalized spacial score (nSPS) is 12.1. The average Bonchev–Trinajstić information content (AvgIpc) is 2.04. The maximum absolute atomic E-state index is 8.78. The van der Waals surface area contributed by atoms with E-state index in [4.69, 9.17) is 14.0 Å². The molecule has 0 unspecified atom stereocenters. The zero-order valence-electron chi connectivity index (χ0n) is 7.64. The molecule has 0 atom stereocenters. The van der Waals surface area contributed by atoms with Gasteiger partial charge >= 0.3 is 8.60 Å². The van der Waals surface area contributed by atoms with Crippen molar-refractivity contribution in [2.24, 2.45) is 0 Å². The van der Waals surface area contributed by atoms with Gasteiger partial charge in [-0.3, -0.25) is 0 Å². The summed E-state index contributed by atoms with van der Waals surface area (Å²) in [5.41, 5.74) is 0. The van der Waals surface area contributed by atoms with Crippen molar-refractivity contribution in [2.75, 3.05) is 0 Å². The van der Waals surface area contributed by atoms with E-state index in [2.05, 4.69) is 0 Å². The SMILES string of the molecule is C[Si](C)(OP(O)O)c1ccccc1. The molecule has 0 spiro atoms. The molecule has 5 heteroatoms. The molecule has 0 aromatic heterocycles. The summed E-state index contributed by atoms with van der Waals surface area (Å²) >= 11 is 0. The fourth-order valence-electron chi connectivity index (χ4n) is 1.10. The molecule has 0 bridgehead atoms. The van der Waals surface area contributed by atoms with Gasteiger partial charge in [0.25, 0.3) is 0 Å². The summed E-state index contributed by atoms with van der Waals surface area (Å²) in [6, 6.07) is 9.67. The lowest BCUT2D eigenvalue weighted by molar-refractivity contribution is 0.375. The lowest BCUT2D eigenvalue weighted by Crippen LogP contribution is -2.43. The summed E-state index contributed by atoms with van der Waals surface area (Å²) in [7, 11) is -4.36. The second kappa shape index (κ2) is 4.31. The van der Waals surface area contributed by atoms with Crippen molar-refractivity contribution in [1.29, 1.82) is 0 Å². The lowest BCUT2D eigenvalue weighted by atomic mass is 10.4. The maximum atomic E-state index is 8.78. The number of benzene rings is 1. The molecule has 0 saturated carbocycles. The van der Waals surface area contributed by atoms with E-state index in [0.29, 0.717) is 0 Å². The Labute approximate surface area is 80.1 Å². The molecular weight excluding hydrogens is 203 g/mol. The van der Waals surface area contributed by atoms with Gasteiger partial charge in [-0.15, -0.1) is 0 Å². The molecule has 13 heavy (non-hydrogen) atoms. The van der Waals surface area contributed by atoms with E-state index in [1.807, 2.05) is 43.4 Å². The van der Waals surface area contributed by atoms with E-state index in [1.165, 1.54) is 0 Å². The Balaban J connectivity index is 2.81. The highest BCUT2D eigenvalue weighted by atomic mass is 31.2. The number of hydrogen-bond acceptors (Lipinski definition) is 3. The van der Waals surface area contributed by atoms with Gasteiger partial charge in [0.15, 0.2) is 0 Å². The van der Waals surface area contributed by atoms with Crippen LogP contribution in [0.15, 0.2) is 30.3 Å². The van der Waals surface area contributed by atoms with Gasteiger partial charge in [0.05, 0.1) is 0 Å². The number of rotatable bonds is 3. The summed E-state index contributed by atoms with van der Waals surface area (Å²) in [6.07, 6.45) is 0. The van der Waals surface area contributed by atoms with E-state index >= 15 is 0 Å². The molecule has 1 rings (SSSR count). The molecule has 0 aliphatic heterocycles. The highest BCUT2D eigenvalue weighted by molar-refractivity contribution is 7.42. The Hall–Kier alpha value is -0.253. The van der Waals surface area contributed by atoms with Gasteiger partial charge in [0, 0.05) is 0 Å². The van der Waals surface area contributed by atoms with E-state index in [9.17, 15) is 0 Å². The third-order valence-corrected chi connectivity index (χ3v) is 5.98. The van der Waals surface area contributed by atoms with Crippen LogP contribution in [0.3, 0.4) is 0 Å². The lowest BCUT2D eigenvalue weighted by Gasteiger charge is -2.22. The topological polar surface area (TPSA) is 49.7 Å². The zero-order chi connectivity index (χ0) is 9.90. The van der Waals surface area contributed by atoms with Crippen molar-refractivity contribution in [3.05, 3.63) is 30.3 Å². The van der Waals surface area contributed by atoms with Crippen molar-refractivity contribution >= 4 is 22.1 Å². The molecule has 0 radical (unpaired) electrons. The van der Waals surface area contributed by atoms with Crippen molar-refractivity contribution < 1.29 is 14.0 Å². The van der Waals surface area contributed by atoms with Crippen LogP contribution in [0.5, 0.6) is 0 Å². The van der Waals surface area contributed by atoms with E-state index in [1.54, 1.807) is 0 Å². The Kier molecular flexibility index (Phi) is 3.59. The van der Waals surface area contributed by atoms with Crippen LogP contribution < -0.4 is 5.19 Å². The first-order valence-corrected chi connectivity index (χ1v) is 8.02. The fourth-order valence-corrected chi connectivity index (χ4v) is 4.15. The minimum Gasteiger partial charge on any atom is -0.350 e. The molecule has 0 saturated heterocycles. The molecule has 0 amide bonds. The fraction of sp³-hybridized carbons (Fsp3) is 0.250. The van der Waals surface area contributed by atoms with Gasteiger partial charge in [0.1, 0.15) is 0 Å². The van der Waals surface area contributed by atoms with Crippen molar-refractivity contribution in [3.63, 3.8) is 0 Å². The van der Waals surface area contributed by atoms with Crippen LogP contribution in [0.25, 0.3) is 0 Å². The quantitative estimate of drug-likeness (QED) is 0.592. The Morgan fingerprint density at radius 1 is 1.15 bits per heavy atom. The Bertz CT molecular complexity index is 263. The second-order valence-electron chi connectivity index (χ2n) is 3.22. The smallest absolute Gasteiger partial charge is 0.316 e.